The zero-order valence-electron chi connectivity index (χ0n) is 12.9. The van der Waals surface area contributed by atoms with Gasteiger partial charge in [0.05, 0.1) is 20.9 Å². The molecule has 0 unspecified atom stereocenters. The number of ether oxygens (including phenoxy) is 1. The standard InChI is InChI=1S/C17H11Cl2N3O2S/c1-9(24-10-6-7-12(18)13(19)8-10)15-21-22-16(23)11-4-2-3-5-14(11)20-17(22)25-15/h2-9H,1H3/t9-/m1/s1. The molecule has 4 rings (SSSR count). The van der Waals surface area contributed by atoms with Crippen molar-refractivity contribution in [1.29, 1.82) is 0 Å². The van der Waals surface area contributed by atoms with Crippen molar-refractivity contribution >= 4 is 50.4 Å². The second-order valence-electron chi connectivity index (χ2n) is 5.40. The summed E-state index contributed by atoms with van der Waals surface area (Å²) < 4.78 is 7.18. The van der Waals surface area contributed by atoms with Gasteiger partial charge >= 0.3 is 0 Å². The molecule has 0 aliphatic rings. The number of hydrogen-bond donors (Lipinski definition) is 0. The first-order chi connectivity index (χ1) is 12.0. The largest absolute Gasteiger partial charge is 0.483 e. The fraction of sp³-hybridized carbons (Fsp3) is 0.118. The van der Waals surface area contributed by atoms with Gasteiger partial charge in [0.15, 0.2) is 5.01 Å². The van der Waals surface area contributed by atoms with Crippen molar-refractivity contribution in [3.05, 3.63) is 67.9 Å². The first-order valence-electron chi connectivity index (χ1n) is 7.43. The highest BCUT2D eigenvalue weighted by Gasteiger charge is 2.17. The van der Waals surface area contributed by atoms with E-state index in [1.165, 1.54) is 15.9 Å². The molecule has 0 spiro atoms. The second kappa shape index (κ2) is 6.29. The Hall–Kier alpha value is -2.15. The summed E-state index contributed by atoms with van der Waals surface area (Å²) in [5, 5.41) is 6.43. The van der Waals surface area contributed by atoms with Crippen LogP contribution >= 0.6 is 34.5 Å². The van der Waals surface area contributed by atoms with E-state index in [9.17, 15) is 4.79 Å². The van der Waals surface area contributed by atoms with Crippen molar-refractivity contribution in [2.75, 3.05) is 0 Å². The second-order valence-corrected chi connectivity index (χ2v) is 7.21. The van der Waals surface area contributed by atoms with Crippen LogP contribution in [0.25, 0.3) is 15.9 Å². The number of rotatable bonds is 3. The van der Waals surface area contributed by atoms with Crippen LogP contribution in [-0.4, -0.2) is 14.6 Å². The number of aromatic nitrogens is 3. The summed E-state index contributed by atoms with van der Waals surface area (Å²) in [6, 6.07) is 12.3. The van der Waals surface area contributed by atoms with Crippen LogP contribution in [0.15, 0.2) is 47.3 Å². The van der Waals surface area contributed by atoms with Gasteiger partial charge in [-0.1, -0.05) is 46.7 Å². The van der Waals surface area contributed by atoms with Crippen LogP contribution in [0, 0.1) is 0 Å². The SMILES string of the molecule is C[C@@H](Oc1ccc(Cl)c(Cl)c1)c1nn2c(=O)c3ccccc3nc2s1. The van der Waals surface area contributed by atoms with Gasteiger partial charge in [-0.2, -0.15) is 9.61 Å². The Labute approximate surface area is 156 Å². The highest BCUT2D eigenvalue weighted by molar-refractivity contribution is 7.16. The average Bonchev–Trinajstić information content (AvgIpc) is 3.03. The molecule has 126 valence electrons. The Morgan fingerprint density at radius 2 is 1.96 bits per heavy atom. The molecule has 25 heavy (non-hydrogen) atoms. The summed E-state index contributed by atoms with van der Waals surface area (Å²) in [6.45, 7) is 1.85. The molecule has 8 heteroatoms. The molecule has 0 bridgehead atoms. The average molecular weight is 392 g/mol. The summed E-state index contributed by atoms with van der Waals surface area (Å²) in [7, 11) is 0. The zero-order valence-corrected chi connectivity index (χ0v) is 15.3. The van der Waals surface area contributed by atoms with Crippen molar-refractivity contribution in [2.45, 2.75) is 13.0 Å². The molecule has 0 aliphatic heterocycles. The first kappa shape index (κ1) is 16.3. The molecule has 0 saturated carbocycles. The summed E-state index contributed by atoms with van der Waals surface area (Å²) in [6.07, 6.45) is -0.369. The van der Waals surface area contributed by atoms with Gasteiger partial charge in [0, 0.05) is 6.07 Å². The van der Waals surface area contributed by atoms with Gasteiger partial charge in [-0.25, -0.2) is 4.98 Å². The van der Waals surface area contributed by atoms with E-state index in [2.05, 4.69) is 10.1 Å². The van der Waals surface area contributed by atoms with Crippen molar-refractivity contribution < 1.29 is 4.74 Å². The van der Waals surface area contributed by atoms with Gasteiger partial charge in [0.1, 0.15) is 11.9 Å². The number of nitrogens with zero attached hydrogens (tertiary/aromatic N) is 3. The molecule has 0 aliphatic carbocycles. The normalized spacial score (nSPS) is 12.6. The number of benzene rings is 2. The lowest BCUT2D eigenvalue weighted by Crippen LogP contribution is -2.15. The molecule has 0 N–H and O–H groups in total. The maximum Gasteiger partial charge on any atom is 0.283 e. The maximum absolute atomic E-state index is 12.6. The predicted molar refractivity (Wildman–Crippen MR) is 100 cm³/mol. The monoisotopic (exact) mass is 391 g/mol. The Balaban J connectivity index is 1.73. The molecular formula is C17H11Cl2N3O2S. The summed E-state index contributed by atoms with van der Waals surface area (Å²) in [5.41, 5.74) is 0.464. The summed E-state index contributed by atoms with van der Waals surface area (Å²) in [4.78, 5) is 17.6. The smallest absolute Gasteiger partial charge is 0.283 e. The topological polar surface area (TPSA) is 56.5 Å². The molecule has 2 aromatic heterocycles. The molecule has 4 aromatic rings. The van der Waals surface area contributed by atoms with Crippen molar-refractivity contribution in [3.8, 4) is 5.75 Å². The quantitative estimate of drug-likeness (QED) is 0.505. The van der Waals surface area contributed by atoms with E-state index in [0.717, 1.165) is 0 Å². The van der Waals surface area contributed by atoms with E-state index in [-0.39, 0.29) is 11.7 Å². The fourth-order valence-corrected chi connectivity index (χ4v) is 3.60. The summed E-state index contributed by atoms with van der Waals surface area (Å²) >= 11 is 13.2. The van der Waals surface area contributed by atoms with Crippen LogP contribution < -0.4 is 10.3 Å². The number of halogens is 2. The third kappa shape index (κ3) is 2.97. The third-order valence-corrected chi connectivity index (χ3v) is 5.48. The van der Waals surface area contributed by atoms with Crippen LogP contribution in [0.1, 0.15) is 18.0 Å². The van der Waals surface area contributed by atoms with Crippen molar-refractivity contribution in [2.24, 2.45) is 0 Å². The summed E-state index contributed by atoms with van der Waals surface area (Å²) in [5.74, 6) is 0.576. The molecule has 0 amide bonds. The highest BCUT2D eigenvalue weighted by atomic mass is 35.5. The van der Waals surface area contributed by atoms with E-state index < -0.39 is 0 Å². The molecule has 2 aromatic carbocycles. The molecule has 5 nitrogen and oxygen atoms in total. The molecule has 0 radical (unpaired) electrons. The van der Waals surface area contributed by atoms with Gasteiger partial charge in [-0.15, -0.1) is 0 Å². The van der Waals surface area contributed by atoms with Gasteiger partial charge in [-0.3, -0.25) is 4.79 Å². The van der Waals surface area contributed by atoms with E-state index >= 15 is 0 Å². The first-order valence-corrected chi connectivity index (χ1v) is 9.00. The van der Waals surface area contributed by atoms with Gasteiger partial charge < -0.3 is 4.74 Å². The van der Waals surface area contributed by atoms with Gasteiger partial charge in [0.2, 0.25) is 4.96 Å². The minimum Gasteiger partial charge on any atom is -0.483 e. The Bertz CT molecular complexity index is 1160. The molecule has 2 heterocycles. The maximum atomic E-state index is 12.6. The lowest BCUT2D eigenvalue weighted by molar-refractivity contribution is 0.225. The van der Waals surface area contributed by atoms with Crippen LogP contribution in [0.4, 0.5) is 0 Å². The Morgan fingerprint density at radius 1 is 1.16 bits per heavy atom. The number of para-hydroxylation sites is 1. The van der Waals surface area contributed by atoms with Gasteiger partial charge in [0.25, 0.3) is 5.56 Å². The van der Waals surface area contributed by atoms with E-state index in [1.54, 1.807) is 30.3 Å². The molecular weight excluding hydrogens is 381 g/mol. The van der Waals surface area contributed by atoms with Crippen LogP contribution in [-0.2, 0) is 0 Å². The lowest BCUT2D eigenvalue weighted by Gasteiger charge is -2.12. The fourth-order valence-electron chi connectivity index (χ4n) is 2.44. The van der Waals surface area contributed by atoms with Gasteiger partial charge in [-0.05, 0) is 31.2 Å². The highest BCUT2D eigenvalue weighted by Crippen LogP contribution is 2.30. The lowest BCUT2D eigenvalue weighted by atomic mass is 10.2. The van der Waals surface area contributed by atoms with Crippen LogP contribution in [0.5, 0.6) is 5.75 Å². The number of hydrogen-bond acceptors (Lipinski definition) is 5. The minimum atomic E-state index is -0.369. The Morgan fingerprint density at radius 3 is 2.76 bits per heavy atom. The van der Waals surface area contributed by atoms with Crippen LogP contribution in [0.2, 0.25) is 10.0 Å². The van der Waals surface area contributed by atoms with E-state index in [4.69, 9.17) is 27.9 Å². The van der Waals surface area contributed by atoms with Crippen molar-refractivity contribution in [3.63, 3.8) is 0 Å². The third-order valence-electron chi connectivity index (χ3n) is 3.67. The van der Waals surface area contributed by atoms with Crippen LogP contribution in [0.3, 0.4) is 0 Å². The minimum absolute atomic E-state index is 0.190. The van der Waals surface area contributed by atoms with E-state index in [0.29, 0.717) is 36.7 Å². The van der Waals surface area contributed by atoms with Crippen molar-refractivity contribution in [1.82, 2.24) is 14.6 Å². The molecule has 0 fully saturated rings. The van der Waals surface area contributed by atoms with E-state index in [1.807, 2.05) is 19.1 Å². The zero-order chi connectivity index (χ0) is 17.6. The molecule has 1 atom stereocenters. The predicted octanol–water partition coefficient (Wildman–Crippen LogP) is 4.75. The Kier molecular flexibility index (Phi) is 4.11. The molecule has 0 saturated heterocycles. The number of fused-ring (bicyclic) bond motifs is 2.